The number of nitrogens with zero attached hydrogens (tertiary/aromatic N) is 1. The molecule has 3 aromatic rings. The molecule has 0 bridgehead atoms. The third-order valence-corrected chi connectivity index (χ3v) is 4.13. The van der Waals surface area contributed by atoms with Gasteiger partial charge in [0.05, 0.1) is 5.69 Å². The molecule has 0 radical (unpaired) electrons. The number of para-hydroxylation sites is 1. The topological polar surface area (TPSA) is 40.7 Å². The van der Waals surface area contributed by atoms with Crippen LogP contribution < -0.4 is 5.32 Å². The predicted octanol–water partition coefficient (Wildman–Crippen LogP) is 4.50. The Bertz CT molecular complexity index is 683. The van der Waals surface area contributed by atoms with Gasteiger partial charge in [0.25, 0.3) is 0 Å². The van der Waals surface area contributed by atoms with Gasteiger partial charge in [-0.2, -0.15) is 0 Å². The largest absolute Gasteiger partial charge is 0.360 e. The number of rotatable bonds is 4. The summed E-state index contributed by atoms with van der Waals surface area (Å²) in [6.45, 7) is 4.35. The summed E-state index contributed by atoms with van der Waals surface area (Å²) >= 11 is 1.66. The van der Waals surface area contributed by atoms with Crippen LogP contribution in [0.1, 0.15) is 20.3 Å². The number of aromatic nitrogens is 2. The van der Waals surface area contributed by atoms with Gasteiger partial charge in [-0.3, -0.25) is 0 Å². The smallest absolute Gasteiger partial charge is 0.183 e. The van der Waals surface area contributed by atoms with Crippen molar-refractivity contribution < 1.29 is 0 Å². The molecule has 0 aliphatic rings. The number of nitrogens with one attached hydrogen (secondary N) is 2. The first-order valence-corrected chi connectivity index (χ1v) is 7.44. The average Bonchev–Trinajstić information content (AvgIpc) is 3.04. The van der Waals surface area contributed by atoms with Crippen LogP contribution >= 0.6 is 11.3 Å². The molecule has 19 heavy (non-hydrogen) atoms. The van der Waals surface area contributed by atoms with Gasteiger partial charge in [-0.05, 0) is 19.4 Å². The number of thiazole rings is 1. The zero-order valence-corrected chi connectivity index (χ0v) is 11.9. The van der Waals surface area contributed by atoms with Crippen LogP contribution in [0.3, 0.4) is 0 Å². The molecule has 3 rings (SSSR count). The number of aromatic amines is 1. The minimum atomic E-state index is 0.460. The molecule has 0 aliphatic heterocycles. The molecule has 0 unspecified atom stereocenters. The highest BCUT2D eigenvalue weighted by Crippen LogP contribution is 2.31. The summed E-state index contributed by atoms with van der Waals surface area (Å²) in [5.74, 6) is 0. The van der Waals surface area contributed by atoms with Crippen molar-refractivity contribution in [1.82, 2.24) is 9.97 Å². The molecule has 3 nitrogen and oxygen atoms in total. The fraction of sp³-hybridized carbons (Fsp3) is 0.267. The second-order valence-corrected chi connectivity index (χ2v) is 5.60. The Labute approximate surface area is 116 Å². The van der Waals surface area contributed by atoms with Gasteiger partial charge in [-0.15, -0.1) is 11.3 Å². The van der Waals surface area contributed by atoms with Gasteiger partial charge in [0.2, 0.25) is 0 Å². The van der Waals surface area contributed by atoms with E-state index in [9.17, 15) is 0 Å². The Morgan fingerprint density at radius 1 is 1.37 bits per heavy atom. The van der Waals surface area contributed by atoms with Gasteiger partial charge < -0.3 is 10.3 Å². The molecule has 4 heteroatoms. The first-order valence-electron chi connectivity index (χ1n) is 6.56. The molecular formula is C15H17N3S. The van der Waals surface area contributed by atoms with E-state index in [1.165, 1.54) is 10.9 Å². The molecule has 0 spiro atoms. The maximum atomic E-state index is 4.68. The molecule has 1 atom stereocenters. The molecule has 0 saturated carbocycles. The van der Waals surface area contributed by atoms with Crippen molar-refractivity contribution in [3.05, 3.63) is 35.8 Å². The van der Waals surface area contributed by atoms with Crippen LogP contribution in [-0.2, 0) is 0 Å². The van der Waals surface area contributed by atoms with Crippen LogP contribution in [0.4, 0.5) is 5.13 Å². The number of H-pyrrole nitrogens is 1. The predicted molar refractivity (Wildman–Crippen MR) is 82.8 cm³/mol. The molecule has 0 saturated heterocycles. The standard InChI is InChI=1S/C15H17N3S/c1-3-10(2)17-15-18-14(9-19-15)12-8-16-13-7-5-4-6-11(12)13/h4-10,16H,3H2,1-2H3,(H,17,18)/t10-/m1/s1. The van der Waals surface area contributed by atoms with Crippen molar-refractivity contribution in [2.24, 2.45) is 0 Å². The van der Waals surface area contributed by atoms with E-state index >= 15 is 0 Å². The number of anilines is 1. The minimum Gasteiger partial charge on any atom is -0.360 e. The van der Waals surface area contributed by atoms with Gasteiger partial charge in [0.15, 0.2) is 5.13 Å². The van der Waals surface area contributed by atoms with Crippen molar-refractivity contribution in [3.63, 3.8) is 0 Å². The molecule has 2 N–H and O–H groups in total. The third-order valence-electron chi connectivity index (χ3n) is 3.35. The number of hydrogen-bond acceptors (Lipinski definition) is 3. The first-order chi connectivity index (χ1) is 9.28. The van der Waals surface area contributed by atoms with E-state index in [1.807, 2.05) is 12.3 Å². The molecule has 0 fully saturated rings. The van der Waals surface area contributed by atoms with Gasteiger partial charge in [-0.25, -0.2) is 4.98 Å². The summed E-state index contributed by atoms with van der Waals surface area (Å²) in [6, 6.07) is 8.78. The van der Waals surface area contributed by atoms with Crippen molar-refractivity contribution in [3.8, 4) is 11.3 Å². The van der Waals surface area contributed by atoms with Gasteiger partial charge in [-0.1, -0.05) is 25.1 Å². The monoisotopic (exact) mass is 271 g/mol. The highest BCUT2D eigenvalue weighted by Gasteiger charge is 2.10. The summed E-state index contributed by atoms with van der Waals surface area (Å²) in [5, 5.41) is 7.75. The van der Waals surface area contributed by atoms with Crippen molar-refractivity contribution in [2.45, 2.75) is 26.3 Å². The Morgan fingerprint density at radius 3 is 3.05 bits per heavy atom. The fourth-order valence-corrected chi connectivity index (χ4v) is 2.88. The molecule has 0 amide bonds. The Morgan fingerprint density at radius 2 is 2.21 bits per heavy atom. The van der Waals surface area contributed by atoms with Crippen LogP contribution in [-0.4, -0.2) is 16.0 Å². The van der Waals surface area contributed by atoms with Crippen LogP contribution in [0, 0.1) is 0 Å². The average molecular weight is 271 g/mol. The maximum absolute atomic E-state index is 4.68. The van der Waals surface area contributed by atoms with E-state index in [1.54, 1.807) is 11.3 Å². The zero-order chi connectivity index (χ0) is 13.2. The van der Waals surface area contributed by atoms with Crippen LogP contribution in [0.5, 0.6) is 0 Å². The number of hydrogen-bond donors (Lipinski definition) is 2. The quantitative estimate of drug-likeness (QED) is 0.733. The lowest BCUT2D eigenvalue weighted by Gasteiger charge is -2.08. The molecule has 98 valence electrons. The normalized spacial score (nSPS) is 12.7. The number of benzene rings is 1. The van der Waals surface area contributed by atoms with Crippen molar-refractivity contribution >= 4 is 27.4 Å². The summed E-state index contributed by atoms with van der Waals surface area (Å²) in [5.41, 5.74) is 3.36. The van der Waals surface area contributed by atoms with Crippen molar-refractivity contribution in [2.75, 3.05) is 5.32 Å². The highest BCUT2D eigenvalue weighted by atomic mass is 32.1. The SMILES string of the molecule is CC[C@@H](C)Nc1nc(-c2c[nH]c3ccccc23)cs1. The zero-order valence-electron chi connectivity index (χ0n) is 11.1. The lowest BCUT2D eigenvalue weighted by atomic mass is 10.1. The summed E-state index contributed by atoms with van der Waals surface area (Å²) in [6.07, 6.45) is 3.13. The summed E-state index contributed by atoms with van der Waals surface area (Å²) < 4.78 is 0. The third kappa shape index (κ3) is 2.36. The van der Waals surface area contributed by atoms with Gasteiger partial charge >= 0.3 is 0 Å². The Kier molecular flexibility index (Phi) is 3.25. The Hall–Kier alpha value is -1.81. The molecule has 1 aromatic carbocycles. The van der Waals surface area contributed by atoms with Crippen LogP contribution in [0.15, 0.2) is 35.8 Å². The lowest BCUT2D eigenvalue weighted by Crippen LogP contribution is -2.12. The van der Waals surface area contributed by atoms with E-state index in [2.05, 4.69) is 52.7 Å². The summed E-state index contributed by atoms with van der Waals surface area (Å²) in [4.78, 5) is 7.97. The number of fused-ring (bicyclic) bond motifs is 1. The van der Waals surface area contributed by atoms with Crippen molar-refractivity contribution in [1.29, 1.82) is 0 Å². The maximum Gasteiger partial charge on any atom is 0.183 e. The van der Waals surface area contributed by atoms with Gasteiger partial charge in [0.1, 0.15) is 0 Å². The fourth-order valence-electron chi connectivity index (χ4n) is 2.06. The summed E-state index contributed by atoms with van der Waals surface area (Å²) in [7, 11) is 0. The van der Waals surface area contributed by atoms with E-state index < -0.39 is 0 Å². The molecule has 2 aromatic heterocycles. The van der Waals surface area contributed by atoms with Crippen LogP contribution in [0.25, 0.3) is 22.2 Å². The van der Waals surface area contributed by atoms with E-state index in [0.29, 0.717) is 6.04 Å². The van der Waals surface area contributed by atoms with E-state index in [-0.39, 0.29) is 0 Å². The Balaban J connectivity index is 1.94. The van der Waals surface area contributed by atoms with E-state index in [4.69, 9.17) is 0 Å². The van der Waals surface area contributed by atoms with Gasteiger partial charge in [0, 0.05) is 34.1 Å². The highest BCUT2D eigenvalue weighted by molar-refractivity contribution is 7.14. The molecule has 2 heterocycles. The lowest BCUT2D eigenvalue weighted by molar-refractivity contribution is 0.763. The molecule has 0 aliphatic carbocycles. The van der Waals surface area contributed by atoms with E-state index in [0.717, 1.165) is 22.8 Å². The van der Waals surface area contributed by atoms with Crippen LogP contribution in [0.2, 0.25) is 0 Å². The molecular weight excluding hydrogens is 254 g/mol. The first kappa shape index (κ1) is 12.2. The second-order valence-electron chi connectivity index (χ2n) is 4.74. The second kappa shape index (κ2) is 5.05. The minimum absolute atomic E-state index is 0.460.